The molecule has 0 fully saturated rings. The van der Waals surface area contributed by atoms with Crippen LogP contribution in [0.2, 0.25) is 0 Å². The number of aromatic nitrogens is 3. The van der Waals surface area contributed by atoms with Crippen molar-refractivity contribution in [1.29, 1.82) is 0 Å². The molecule has 0 saturated heterocycles. The van der Waals surface area contributed by atoms with Crippen molar-refractivity contribution in [3.63, 3.8) is 0 Å². The molecule has 0 aliphatic rings. The summed E-state index contributed by atoms with van der Waals surface area (Å²) in [4.78, 5) is 0. The molecule has 4 nitrogen and oxygen atoms in total. The van der Waals surface area contributed by atoms with E-state index in [9.17, 15) is 4.39 Å². The molecule has 2 rings (SSSR count). The molecule has 0 aliphatic carbocycles. The number of rotatable bonds is 5. The van der Waals surface area contributed by atoms with Crippen LogP contribution in [0.5, 0.6) is 0 Å². The highest BCUT2D eigenvalue weighted by Gasteiger charge is 2.04. The Balaban J connectivity index is 2.04. The van der Waals surface area contributed by atoms with E-state index in [1.807, 2.05) is 12.3 Å². The zero-order valence-electron chi connectivity index (χ0n) is 9.51. The Morgan fingerprint density at radius 2 is 2.12 bits per heavy atom. The van der Waals surface area contributed by atoms with Gasteiger partial charge < -0.3 is 5.73 Å². The maximum absolute atomic E-state index is 13.4. The van der Waals surface area contributed by atoms with Gasteiger partial charge in [-0.25, -0.2) is 9.07 Å². The average molecular weight is 234 g/mol. The number of nitrogens with zero attached hydrogens (tertiary/aromatic N) is 3. The van der Waals surface area contributed by atoms with Gasteiger partial charge in [0.1, 0.15) is 5.82 Å². The van der Waals surface area contributed by atoms with Gasteiger partial charge in [-0.2, -0.15) is 0 Å². The smallest absolute Gasteiger partial charge is 0.128 e. The summed E-state index contributed by atoms with van der Waals surface area (Å²) in [6.45, 7) is 1.04. The summed E-state index contributed by atoms with van der Waals surface area (Å²) in [6.07, 6.45) is 3.54. The van der Waals surface area contributed by atoms with E-state index < -0.39 is 0 Å². The molecule has 0 saturated carbocycles. The highest BCUT2D eigenvalue weighted by molar-refractivity contribution is 5.17. The van der Waals surface area contributed by atoms with Gasteiger partial charge in [0.15, 0.2) is 0 Å². The van der Waals surface area contributed by atoms with Gasteiger partial charge in [-0.05, 0) is 25.5 Å². The van der Waals surface area contributed by atoms with E-state index in [1.165, 1.54) is 6.07 Å². The van der Waals surface area contributed by atoms with Crippen LogP contribution in [-0.4, -0.2) is 21.5 Å². The van der Waals surface area contributed by atoms with Gasteiger partial charge in [-0.3, -0.25) is 0 Å². The number of nitrogens with two attached hydrogens (primary N) is 1. The molecular weight excluding hydrogens is 219 g/mol. The molecule has 0 bridgehead atoms. The first-order chi connectivity index (χ1) is 8.29. The first-order valence-electron chi connectivity index (χ1n) is 5.62. The van der Waals surface area contributed by atoms with Crippen molar-refractivity contribution in [2.75, 3.05) is 6.54 Å². The van der Waals surface area contributed by atoms with Crippen LogP contribution in [0.1, 0.15) is 17.7 Å². The van der Waals surface area contributed by atoms with Crippen molar-refractivity contribution in [2.24, 2.45) is 5.73 Å². The second-order valence-electron chi connectivity index (χ2n) is 3.89. The van der Waals surface area contributed by atoms with E-state index in [0.29, 0.717) is 18.7 Å². The van der Waals surface area contributed by atoms with Crippen molar-refractivity contribution in [3.05, 3.63) is 47.5 Å². The topological polar surface area (TPSA) is 56.7 Å². The Labute approximate surface area is 99.2 Å². The number of benzene rings is 1. The number of aryl methyl sites for hydroxylation is 1. The molecule has 5 heteroatoms. The van der Waals surface area contributed by atoms with E-state index >= 15 is 0 Å². The second-order valence-corrected chi connectivity index (χ2v) is 3.89. The lowest BCUT2D eigenvalue weighted by molar-refractivity contribution is 0.577. The molecule has 1 aromatic heterocycles. The number of hydrogen-bond donors (Lipinski definition) is 1. The van der Waals surface area contributed by atoms with Crippen molar-refractivity contribution < 1.29 is 4.39 Å². The Bertz CT molecular complexity index is 481. The SMILES string of the molecule is NCCCc1cn(Cc2ccccc2F)nn1. The van der Waals surface area contributed by atoms with E-state index in [2.05, 4.69) is 10.3 Å². The summed E-state index contributed by atoms with van der Waals surface area (Å²) in [5.74, 6) is -0.216. The van der Waals surface area contributed by atoms with Crippen LogP contribution in [0.3, 0.4) is 0 Å². The third-order valence-corrected chi connectivity index (χ3v) is 2.51. The van der Waals surface area contributed by atoms with Gasteiger partial charge >= 0.3 is 0 Å². The molecule has 2 aromatic rings. The fourth-order valence-electron chi connectivity index (χ4n) is 1.61. The zero-order valence-corrected chi connectivity index (χ0v) is 9.51. The maximum Gasteiger partial charge on any atom is 0.128 e. The Morgan fingerprint density at radius 3 is 2.88 bits per heavy atom. The van der Waals surface area contributed by atoms with E-state index in [0.717, 1.165) is 18.5 Å². The van der Waals surface area contributed by atoms with Crippen LogP contribution in [-0.2, 0) is 13.0 Å². The quantitative estimate of drug-likeness (QED) is 0.849. The zero-order chi connectivity index (χ0) is 12.1. The Morgan fingerprint density at radius 1 is 1.29 bits per heavy atom. The predicted molar refractivity (Wildman–Crippen MR) is 62.9 cm³/mol. The molecule has 0 atom stereocenters. The lowest BCUT2D eigenvalue weighted by Crippen LogP contribution is -2.02. The fourth-order valence-corrected chi connectivity index (χ4v) is 1.61. The van der Waals surface area contributed by atoms with Gasteiger partial charge in [0.2, 0.25) is 0 Å². The van der Waals surface area contributed by atoms with Gasteiger partial charge in [-0.1, -0.05) is 23.4 Å². The minimum Gasteiger partial charge on any atom is -0.330 e. The van der Waals surface area contributed by atoms with E-state index in [4.69, 9.17) is 5.73 Å². The molecule has 0 spiro atoms. The third-order valence-electron chi connectivity index (χ3n) is 2.51. The summed E-state index contributed by atoms with van der Waals surface area (Å²) >= 11 is 0. The van der Waals surface area contributed by atoms with Gasteiger partial charge in [0, 0.05) is 11.8 Å². The lowest BCUT2D eigenvalue weighted by Gasteiger charge is -2.01. The molecule has 0 aliphatic heterocycles. The maximum atomic E-state index is 13.4. The highest BCUT2D eigenvalue weighted by atomic mass is 19.1. The van der Waals surface area contributed by atoms with E-state index in [-0.39, 0.29) is 5.82 Å². The van der Waals surface area contributed by atoms with Crippen LogP contribution in [0, 0.1) is 5.82 Å². The van der Waals surface area contributed by atoms with Crippen molar-refractivity contribution in [3.8, 4) is 0 Å². The van der Waals surface area contributed by atoms with Crippen LogP contribution in [0.25, 0.3) is 0 Å². The average Bonchev–Trinajstić information content (AvgIpc) is 2.77. The van der Waals surface area contributed by atoms with Crippen LogP contribution in [0.4, 0.5) is 4.39 Å². The summed E-state index contributed by atoms with van der Waals surface area (Å²) in [7, 11) is 0. The first kappa shape index (κ1) is 11.7. The standard InChI is InChI=1S/C12H15FN4/c13-12-6-2-1-4-10(12)8-17-9-11(15-16-17)5-3-7-14/h1-2,4,6,9H,3,5,7-8,14H2. The first-order valence-corrected chi connectivity index (χ1v) is 5.62. The largest absolute Gasteiger partial charge is 0.330 e. The molecular formula is C12H15FN4. The fraction of sp³-hybridized carbons (Fsp3) is 0.333. The molecule has 90 valence electrons. The minimum absolute atomic E-state index is 0.216. The predicted octanol–water partition coefficient (Wildman–Crippen LogP) is 1.36. The molecule has 2 N–H and O–H groups in total. The molecule has 1 aromatic carbocycles. The molecule has 0 radical (unpaired) electrons. The van der Waals surface area contributed by atoms with Crippen LogP contribution >= 0.6 is 0 Å². The van der Waals surface area contributed by atoms with Crippen LogP contribution in [0.15, 0.2) is 30.5 Å². The minimum atomic E-state index is -0.216. The Kier molecular flexibility index (Phi) is 3.82. The number of hydrogen-bond acceptors (Lipinski definition) is 3. The summed E-state index contributed by atoms with van der Waals surface area (Å²) in [5, 5.41) is 7.98. The molecule has 0 unspecified atom stereocenters. The normalized spacial score (nSPS) is 10.7. The third kappa shape index (κ3) is 3.10. The summed E-state index contributed by atoms with van der Waals surface area (Å²) in [5.41, 5.74) is 6.93. The van der Waals surface area contributed by atoms with Gasteiger partial charge in [-0.15, -0.1) is 5.10 Å². The summed E-state index contributed by atoms with van der Waals surface area (Å²) in [6, 6.07) is 6.68. The number of halogens is 1. The van der Waals surface area contributed by atoms with Crippen molar-refractivity contribution >= 4 is 0 Å². The molecule has 17 heavy (non-hydrogen) atoms. The van der Waals surface area contributed by atoms with Gasteiger partial charge in [0.05, 0.1) is 12.2 Å². The highest BCUT2D eigenvalue weighted by Crippen LogP contribution is 2.08. The molecule has 0 amide bonds. The molecule has 1 heterocycles. The Hall–Kier alpha value is -1.75. The van der Waals surface area contributed by atoms with Crippen molar-refractivity contribution in [2.45, 2.75) is 19.4 Å². The monoisotopic (exact) mass is 234 g/mol. The van der Waals surface area contributed by atoms with E-state index in [1.54, 1.807) is 16.8 Å². The van der Waals surface area contributed by atoms with Crippen molar-refractivity contribution in [1.82, 2.24) is 15.0 Å². The second kappa shape index (κ2) is 5.54. The van der Waals surface area contributed by atoms with Gasteiger partial charge in [0.25, 0.3) is 0 Å². The van der Waals surface area contributed by atoms with Crippen LogP contribution < -0.4 is 5.73 Å². The summed E-state index contributed by atoms with van der Waals surface area (Å²) < 4.78 is 15.0. The lowest BCUT2D eigenvalue weighted by atomic mass is 10.2.